The van der Waals surface area contributed by atoms with Crippen LogP contribution in [0.15, 0.2) is 41.3 Å². The Bertz CT molecular complexity index is 1140. The summed E-state index contributed by atoms with van der Waals surface area (Å²) in [5, 5.41) is 8.81. The Kier molecular flexibility index (Phi) is 10.5. The standard InChI is InChI=1S/C21H24F3N3O8S/c1-26(21(29)34-10-9-33-2)7-8-27(13-19(28)25-30)36(31,32)16-11-17(23)20(18(24)12-16)35-15-5-3-14(22)4-6-15/h3-6,11-12,30H,7-10,13H2,1-2H3,(H,25,28). The number of hydrogen-bond acceptors (Lipinski definition) is 8. The van der Waals surface area contributed by atoms with Crippen LogP contribution in [0.25, 0.3) is 0 Å². The highest BCUT2D eigenvalue weighted by molar-refractivity contribution is 7.89. The van der Waals surface area contributed by atoms with E-state index in [0.717, 1.165) is 29.2 Å². The van der Waals surface area contributed by atoms with E-state index in [1.54, 1.807) is 0 Å². The first-order valence-corrected chi connectivity index (χ1v) is 11.7. The minimum absolute atomic E-state index is 0.0561. The van der Waals surface area contributed by atoms with Crippen molar-refractivity contribution in [3.8, 4) is 11.5 Å². The summed E-state index contributed by atoms with van der Waals surface area (Å²) in [6, 6.07) is 5.18. The van der Waals surface area contributed by atoms with Crippen molar-refractivity contribution in [3.05, 3.63) is 53.8 Å². The zero-order valence-electron chi connectivity index (χ0n) is 19.2. The molecule has 0 heterocycles. The lowest BCUT2D eigenvalue weighted by Crippen LogP contribution is -2.44. The van der Waals surface area contributed by atoms with Gasteiger partial charge in [0.1, 0.15) is 18.2 Å². The van der Waals surface area contributed by atoms with Crippen molar-refractivity contribution in [3.63, 3.8) is 0 Å². The third-order valence-electron chi connectivity index (χ3n) is 4.60. The Balaban J connectivity index is 2.26. The third kappa shape index (κ3) is 7.81. The monoisotopic (exact) mass is 535 g/mol. The second-order valence-electron chi connectivity index (χ2n) is 7.17. The zero-order valence-corrected chi connectivity index (χ0v) is 20.1. The van der Waals surface area contributed by atoms with Crippen molar-refractivity contribution in [1.82, 2.24) is 14.7 Å². The fourth-order valence-corrected chi connectivity index (χ4v) is 4.12. The lowest BCUT2D eigenvalue weighted by molar-refractivity contribution is -0.129. The van der Waals surface area contributed by atoms with Gasteiger partial charge in [0.25, 0.3) is 5.91 Å². The lowest BCUT2D eigenvalue weighted by atomic mass is 10.3. The average molecular weight is 535 g/mol. The maximum absolute atomic E-state index is 14.6. The first-order valence-electron chi connectivity index (χ1n) is 10.2. The van der Waals surface area contributed by atoms with Crippen LogP contribution in [0.2, 0.25) is 0 Å². The quantitative estimate of drug-likeness (QED) is 0.240. The number of methoxy groups -OCH3 is 1. The van der Waals surface area contributed by atoms with Crippen molar-refractivity contribution in [1.29, 1.82) is 0 Å². The number of nitrogens with zero attached hydrogens (tertiary/aromatic N) is 2. The van der Waals surface area contributed by atoms with Gasteiger partial charge in [0.05, 0.1) is 18.0 Å². The number of likely N-dealkylation sites (N-methyl/N-ethyl adjacent to an activating group) is 1. The Morgan fingerprint density at radius 2 is 1.64 bits per heavy atom. The van der Waals surface area contributed by atoms with Crippen LogP contribution in [-0.2, 0) is 24.3 Å². The van der Waals surface area contributed by atoms with Gasteiger partial charge in [-0.2, -0.15) is 4.31 Å². The van der Waals surface area contributed by atoms with E-state index >= 15 is 0 Å². The summed E-state index contributed by atoms with van der Waals surface area (Å²) in [6.07, 6.45) is -0.810. The highest BCUT2D eigenvalue weighted by Crippen LogP contribution is 2.31. The molecule has 0 radical (unpaired) electrons. The molecule has 11 nitrogen and oxygen atoms in total. The van der Waals surface area contributed by atoms with Gasteiger partial charge in [0.15, 0.2) is 17.4 Å². The van der Waals surface area contributed by atoms with Crippen LogP contribution in [-0.4, -0.2) is 81.8 Å². The largest absolute Gasteiger partial charge is 0.451 e. The van der Waals surface area contributed by atoms with E-state index in [2.05, 4.69) is 0 Å². The second kappa shape index (κ2) is 13.1. The Labute approximate surface area is 205 Å². The number of carbonyl (C=O) groups is 2. The van der Waals surface area contributed by atoms with E-state index < -0.39 is 63.2 Å². The number of halogens is 3. The van der Waals surface area contributed by atoms with Gasteiger partial charge in [-0.15, -0.1) is 0 Å². The molecule has 0 aliphatic carbocycles. The van der Waals surface area contributed by atoms with Crippen LogP contribution < -0.4 is 10.2 Å². The Morgan fingerprint density at radius 3 is 2.19 bits per heavy atom. The highest BCUT2D eigenvalue weighted by Gasteiger charge is 2.30. The second-order valence-corrected chi connectivity index (χ2v) is 9.11. The molecule has 2 rings (SSSR count). The van der Waals surface area contributed by atoms with Gasteiger partial charge in [-0.25, -0.2) is 31.9 Å². The molecule has 0 saturated carbocycles. The summed E-state index contributed by atoms with van der Waals surface area (Å²) in [4.78, 5) is 23.8. The van der Waals surface area contributed by atoms with E-state index in [0.29, 0.717) is 16.4 Å². The molecular formula is C21H24F3N3O8S. The number of amides is 2. The Morgan fingerprint density at radius 1 is 1.03 bits per heavy atom. The molecule has 0 atom stereocenters. The molecule has 0 saturated heterocycles. The van der Waals surface area contributed by atoms with Crippen LogP contribution in [0.1, 0.15) is 0 Å². The number of carbonyl (C=O) groups excluding carboxylic acids is 2. The summed E-state index contributed by atoms with van der Waals surface area (Å²) in [6.45, 7) is -1.63. The zero-order chi connectivity index (χ0) is 26.9. The molecule has 0 unspecified atom stereocenters. The molecule has 15 heteroatoms. The molecule has 2 aromatic carbocycles. The average Bonchev–Trinajstić information content (AvgIpc) is 2.84. The summed E-state index contributed by atoms with van der Waals surface area (Å²) in [5.41, 5.74) is 1.27. The topological polar surface area (TPSA) is 135 Å². The van der Waals surface area contributed by atoms with Crippen molar-refractivity contribution < 1.29 is 50.6 Å². The normalized spacial score (nSPS) is 11.3. The maximum Gasteiger partial charge on any atom is 0.409 e. The predicted octanol–water partition coefficient (Wildman–Crippen LogP) is 2.11. The van der Waals surface area contributed by atoms with Gasteiger partial charge < -0.3 is 19.1 Å². The van der Waals surface area contributed by atoms with Crippen LogP contribution in [0.4, 0.5) is 18.0 Å². The molecule has 0 fully saturated rings. The van der Waals surface area contributed by atoms with E-state index in [1.807, 2.05) is 0 Å². The smallest absolute Gasteiger partial charge is 0.409 e. The molecule has 0 bridgehead atoms. The molecule has 36 heavy (non-hydrogen) atoms. The van der Waals surface area contributed by atoms with Crippen LogP contribution in [0.3, 0.4) is 0 Å². The van der Waals surface area contributed by atoms with Crippen LogP contribution in [0.5, 0.6) is 11.5 Å². The van der Waals surface area contributed by atoms with Gasteiger partial charge in [-0.3, -0.25) is 10.0 Å². The first kappa shape index (κ1) is 28.8. The number of benzene rings is 2. The molecule has 198 valence electrons. The highest BCUT2D eigenvalue weighted by atomic mass is 32.2. The van der Waals surface area contributed by atoms with Gasteiger partial charge in [-0.05, 0) is 36.4 Å². The molecule has 0 aliphatic rings. The van der Waals surface area contributed by atoms with Gasteiger partial charge >= 0.3 is 6.09 Å². The fourth-order valence-electron chi connectivity index (χ4n) is 2.71. The number of hydroxylamine groups is 1. The summed E-state index contributed by atoms with van der Waals surface area (Å²) in [7, 11) is -2.01. The molecular weight excluding hydrogens is 511 g/mol. The van der Waals surface area contributed by atoms with E-state index in [4.69, 9.17) is 19.4 Å². The number of rotatable bonds is 12. The molecule has 0 aliphatic heterocycles. The maximum atomic E-state index is 14.6. The predicted molar refractivity (Wildman–Crippen MR) is 117 cm³/mol. The minimum atomic E-state index is -4.71. The first-order chi connectivity index (χ1) is 17.0. The van der Waals surface area contributed by atoms with Crippen molar-refractivity contribution in [2.45, 2.75) is 4.90 Å². The molecule has 2 amide bonds. The Hall–Kier alpha value is -3.40. The summed E-state index contributed by atoms with van der Waals surface area (Å²) in [5.74, 6) is -5.55. The van der Waals surface area contributed by atoms with Crippen LogP contribution in [0, 0.1) is 17.5 Å². The van der Waals surface area contributed by atoms with Gasteiger partial charge in [0.2, 0.25) is 10.0 Å². The lowest BCUT2D eigenvalue weighted by Gasteiger charge is -2.24. The van der Waals surface area contributed by atoms with Crippen molar-refractivity contribution >= 4 is 22.0 Å². The van der Waals surface area contributed by atoms with Crippen molar-refractivity contribution in [2.75, 3.05) is 47.0 Å². The summed E-state index contributed by atoms with van der Waals surface area (Å²) < 4.78 is 83.7. The molecule has 2 aromatic rings. The minimum Gasteiger partial charge on any atom is -0.451 e. The van der Waals surface area contributed by atoms with E-state index in [9.17, 15) is 31.2 Å². The van der Waals surface area contributed by atoms with Crippen LogP contribution >= 0.6 is 0 Å². The third-order valence-corrected chi connectivity index (χ3v) is 6.42. The van der Waals surface area contributed by atoms with Gasteiger partial charge in [0, 0.05) is 27.2 Å². The molecule has 0 aromatic heterocycles. The SMILES string of the molecule is COCCOC(=O)N(C)CCN(CC(=O)NO)S(=O)(=O)c1cc(F)c(Oc2ccc(F)cc2)c(F)c1. The summed E-state index contributed by atoms with van der Waals surface area (Å²) >= 11 is 0. The van der Waals surface area contributed by atoms with Gasteiger partial charge in [-0.1, -0.05) is 0 Å². The fraction of sp³-hybridized carbons (Fsp3) is 0.333. The number of nitrogens with one attached hydrogen (secondary N) is 1. The molecule has 0 spiro atoms. The van der Waals surface area contributed by atoms with Crippen molar-refractivity contribution in [2.24, 2.45) is 0 Å². The molecule has 2 N–H and O–H groups in total. The number of ether oxygens (including phenoxy) is 3. The number of hydrogen-bond donors (Lipinski definition) is 2. The van der Waals surface area contributed by atoms with E-state index in [-0.39, 0.29) is 25.5 Å². The number of sulfonamides is 1. The van der Waals surface area contributed by atoms with E-state index in [1.165, 1.54) is 19.6 Å².